The molecule has 0 unspecified atom stereocenters. The second-order valence-corrected chi connectivity index (χ2v) is 2.89. The van der Waals surface area contributed by atoms with Crippen LogP contribution < -0.4 is 10.1 Å². The van der Waals surface area contributed by atoms with Gasteiger partial charge >= 0.3 is 0 Å². The molecule has 0 saturated heterocycles. The maximum atomic E-state index is 5.07. The Balaban J connectivity index is 2.39. The van der Waals surface area contributed by atoms with Gasteiger partial charge in [0.05, 0.1) is 7.11 Å². The Kier molecular flexibility index (Phi) is 4.56. The van der Waals surface area contributed by atoms with E-state index in [2.05, 4.69) is 17.6 Å². The fourth-order valence-electron chi connectivity index (χ4n) is 1.10. The summed E-state index contributed by atoms with van der Waals surface area (Å²) in [6, 6.07) is 8.01. The smallest absolute Gasteiger partial charge is 0.118 e. The SMILES string of the molecule is C=C=CCNCc1ccc(OC)cc1. The third kappa shape index (κ3) is 3.48. The summed E-state index contributed by atoms with van der Waals surface area (Å²) >= 11 is 0. The molecule has 1 rings (SSSR count). The van der Waals surface area contributed by atoms with E-state index in [0.717, 1.165) is 18.8 Å². The predicted octanol–water partition coefficient (Wildman–Crippen LogP) is 2.13. The fourth-order valence-corrected chi connectivity index (χ4v) is 1.10. The van der Waals surface area contributed by atoms with Crippen LogP contribution in [0.2, 0.25) is 0 Å². The first-order chi connectivity index (χ1) is 6.86. The molecule has 0 heterocycles. The molecule has 0 atom stereocenters. The fraction of sp³-hybridized carbons (Fsp3) is 0.250. The van der Waals surface area contributed by atoms with Crippen molar-refractivity contribution in [2.24, 2.45) is 0 Å². The summed E-state index contributed by atoms with van der Waals surface area (Å²) < 4.78 is 5.07. The Labute approximate surface area is 84.9 Å². The van der Waals surface area contributed by atoms with Crippen molar-refractivity contribution < 1.29 is 4.74 Å². The van der Waals surface area contributed by atoms with Crippen LogP contribution in [0.4, 0.5) is 0 Å². The lowest BCUT2D eigenvalue weighted by Crippen LogP contribution is -2.12. The summed E-state index contributed by atoms with van der Waals surface area (Å²) in [5.74, 6) is 0.889. The lowest BCUT2D eigenvalue weighted by molar-refractivity contribution is 0.414. The summed E-state index contributed by atoms with van der Waals surface area (Å²) in [6.45, 7) is 5.14. The number of rotatable bonds is 5. The normalized spacial score (nSPS) is 9.21. The largest absolute Gasteiger partial charge is 0.497 e. The average molecular weight is 189 g/mol. The van der Waals surface area contributed by atoms with Crippen LogP contribution in [-0.4, -0.2) is 13.7 Å². The molecule has 0 radical (unpaired) electrons. The quantitative estimate of drug-likeness (QED) is 0.566. The average Bonchev–Trinajstić information content (AvgIpc) is 2.25. The molecule has 0 amide bonds. The molecule has 74 valence electrons. The first-order valence-electron chi connectivity index (χ1n) is 4.54. The highest BCUT2D eigenvalue weighted by Gasteiger charge is 1.92. The van der Waals surface area contributed by atoms with Gasteiger partial charge < -0.3 is 10.1 Å². The monoisotopic (exact) mass is 189 g/mol. The van der Waals surface area contributed by atoms with Crippen LogP contribution in [0.1, 0.15) is 5.56 Å². The van der Waals surface area contributed by atoms with Gasteiger partial charge in [0.2, 0.25) is 0 Å². The zero-order valence-electron chi connectivity index (χ0n) is 8.42. The van der Waals surface area contributed by atoms with Crippen LogP contribution in [0.3, 0.4) is 0 Å². The molecule has 0 aliphatic heterocycles. The Morgan fingerprint density at radius 3 is 2.71 bits per heavy atom. The Morgan fingerprint density at radius 2 is 2.14 bits per heavy atom. The summed E-state index contributed by atoms with van der Waals surface area (Å²) in [4.78, 5) is 0. The van der Waals surface area contributed by atoms with Gasteiger partial charge in [0.25, 0.3) is 0 Å². The van der Waals surface area contributed by atoms with E-state index in [1.807, 2.05) is 30.3 Å². The van der Waals surface area contributed by atoms with E-state index in [4.69, 9.17) is 4.74 Å². The standard InChI is InChI=1S/C12H15NO/c1-3-4-9-13-10-11-5-7-12(14-2)8-6-11/h4-8,13H,1,9-10H2,2H3. The second kappa shape index (κ2) is 6.03. The van der Waals surface area contributed by atoms with E-state index in [9.17, 15) is 0 Å². The summed E-state index contributed by atoms with van der Waals surface area (Å²) in [7, 11) is 1.67. The summed E-state index contributed by atoms with van der Waals surface area (Å²) in [5.41, 5.74) is 3.95. The number of hydrogen-bond donors (Lipinski definition) is 1. The molecule has 0 aromatic heterocycles. The summed E-state index contributed by atoms with van der Waals surface area (Å²) in [5, 5.41) is 3.24. The first-order valence-corrected chi connectivity index (χ1v) is 4.54. The maximum Gasteiger partial charge on any atom is 0.118 e. The van der Waals surface area contributed by atoms with Gasteiger partial charge in [-0.3, -0.25) is 0 Å². The lowest BCUT2D eigenvalue weighted by Gasteiger charge is -2.03. The lowest BCUT2D eigenvalue weighted by atomic mass is 10.2. The van der Waals surface area contributed by atoms with Crippen molar-refractivity contribution in [2.45, 2.75) is 6.54 Å². The maximum absolute atomic E-state index is 5.07. The van der Waals surface area contributed by atoms with Crippen LogP contribution in [0, 0.1) is 0 Å². The number of methoxy groups -OCH3 is 1. The van der Waals surface area contributed by atoms with Gasteiger partial charge in [0.1, 0.15) is 5.75 Å². The Bertz CT molecular complexity index is 310. The van der Waals surface area contributed by atoms with Gasteiger partial charge in [0, 0.05) is 13.1 Å². The van der Waals surface area contributed by atoms with Gasteiger partial charge in [-0.05, 0) is 23.8 Å². The molecular weight excluding hydrogens is 174 g/mol. The number of ether oxygens (including phenoxy) is 1. The molecule has 2 nitrogen and oxygen atoms in total. The molecule has 0 bridgehead atoms. The predicted molar refractivity (Wildman–Crippen MR) is 58.4 cm³/mol. The number of nitrogens with one attached hydrogen (secondary N) is 1. The van der Waals surface area contributed by atoms with E-state index in [1.165, 1.54) is 5.56 Å². The molecule has 1 aromatic rings. The molecule has 2 heteroatoms. The molecule has 0 aliphatic carbocycles. The molecule has 14 heavy (non-hydrogen) atoms. The van der Waals surface area contributed by atoms with Crippen molar-refractivity contribution in [3.8, 4) is 5.75 Å². The van der Waals surface area contributed by atoms with Crippen molar-refractivity contribution in [3.63, 3.8) is 0 Å². The molecule has 1 N–H and O–H groups in total. The van der Waals surface area contributed by atoms with E-state index >= 15 is 0 Å². The topological polar surface area (TPSA) is 21.3 Å². The van der Waals surface area contributed by atoms with Gasteiger partial charge in [-0.25, -0.2) is 0 Å². The third-order valence-electron chi connectivity index (χ3n) is 1.88. The van der Waals surface area contributed by atoms with E-state index in [-0.39, 0.29) is 0 Å². The van der Waals surface area contributed by atoms with Crippen molar-refractivity contribution in [1.82, 2.24) is 5.32 Å². The summed E-state index contributed by atoms with van der Waals surface area (Å²) in [6.07, 6.45) is 1.86. The minimum Gasteiger partial charge on any atom is -0.497 e. The highest BCUT2D eigenvalue weighted by atomic mass is 16.5. The number of hydrogen-bond acceptors (Lipinski definition) is 2. The minimum absolute atomic E-state index is 0.801. The second-order valence-electron chi connectivity index (χ2n) is 2.89. The van der Waals surface area contributed by atoms with Crippen LogP contribution in [-0.2, 0) is 6.54 Å². The van der Waals surface area contributed by atoms with E-state index < -0.39 is 0 Å². The van der Waals surface area contributed by atoms with Gasteiger partial charge in [-0.1, -0.05) is 18.7 Å². The van der Waals surface area contributed by atoms with Crippen LogP contribution in [0.5, 0.6) is 5.75 Å². The van der Waals surface area contributed by atoms with Crippen molar-refractivity contribution in [1.29, 1.82) is 0 Å². The van der Waals surface area contributed by atoms with Crippen molar-refractivity contribution >= 4 is 0 Å². The molecule has 0 fully saturated rings. The molecule has 0 aliphatic rings. The zero-order valence-corrected chi connectivity index (χ0v) is 8.42. The molecular formula is C12H15NO. The van der Waals surface area contributed by atoms with Crippen molar-refractivity contribution in [2.75, 3.05) is 13.7 Å². The highest BCUT2D eigenvalue weighted by molar-refractivity contribution is 5.26. The minimum atomic E-state index is 0.801. The molecule has 0 spiro atoms. The van der Waals surface area contributed by atoms with Crippen molar-refractivity contribution in [3.05, 3.63) is 48.2 Å². The van der Waals surface area contributed by atoms with Gasteiger partial charge in [0.15, 0.2) is 0 Å². The molecule has 1 aromatic carbocycles. The van der Waals surface area contributed by atoms with Crippen LogP contribution in [0.15, 0.2) is 42.7 Å². The molecule has 0 saturated carbocycles. The van der Waals surface area contributed by atoms with E-state index in [0.29, 0.717) is 0 Å². The van der Waals surface area contributed by atoms with Gasteiger partial charge in [-0.2, -0.15) is 0 Å². The highest BCUT2D eigenvalue weighted by Crippen LogP contribution is 2.10. The Hall–Kier alpha value is -1.50. The number of benzene rings is 1. The zero-order chi connectivity index (χ0) is 10.2. The Morgan fingerprint density at radius 1 is 1.43 bits per heavy atom. The van der Waals surface area contributed by atoms with Crippen LogP contribution in [0.25, 0.3) is 0 Å². The van der Waals surface area contributed by atoms with Gasteiger partial charge in [-0.15, -0.1) is 5.73 Å². The van der Waals surface area contributed by atoms with E-state index in [1.54, 1.807) is 7.11 Å². The van der Waals surface area contributed by atoms with Crippen LogP contribution >= 0.6 is 0 Å². The third-order valence-corrected chi connectivity index (χ3v) is 1.88. The first kappa shape index (κ1) is 10.6.